The highest BCUT2D eigenvalue weighted by Gasteiger charge is 2.43. The monoisotopic (exact) mass is 234 g/mol. The smallest absolute Gasteiger partial charge is 0.159 e. The Morgan fingerprint density at radius 2 is 1.94 bits per heavy atom. The lowest BCUT2D eigenvalue weighted by Crippen LogP contribution is -2.41. The van der Waals surface area contributed by atoms with Crippen molar-refractivity contribution >= 4 is 11.6 Å². The Morgan fingerprint density at radius 1 is 1.24 bits per heavy atom. The number of Topliss-reactive ketones (excluding diaryl/α,β-unsaturated/α-hetero) is 2. The number of allylic oxidation sites excluding steroid dienone is 2. The number of rotatable bonds is 1. The van der Waals surface area contributed by atoms with Gasteiger partial charge in [0, 0.05) is 18.8 Å². The molecule has 0 bridgehead atoms. The molecule has 94 valence electrons. The second kappa shape index (κ2) is 4.75. The maximum absolute atomic E-state index is 12.1. The fourth-order valence-electron chi connectivity index (χ4n) is 3.47. The van der Waals surface area contributed by atoms with Gasteiger partial charge in [0.05, 0.1) is 0 Å². The Balaban J connectivity index is 2.29. The summed E-state index contributed by atoms with van der Waals surface area (Å²) in [5.41, 5.74) is 1.02. The first-order valence-electron chi connectivity index (χ1n) is 6.80. The van der Waals surface area contributed by atoms with Gasteiger partial charge in [-0.05, 0) is 36.2 Å². The molecule has 0 spiro atoms. The topological polar surface area (TPSA) is 34.1 Å². The molecular formula is C15H22O2. The molecule has 0 aromatic heterocycles. The average molecular weight is 234 g/mol. The van der Waals surface area contributed by atoms with Gasteiger partial charge in [-0.1, -0.05) is 26.8 Å². The van der Waals surface area contributed by atoms with Crippen LogP contribution in [-0.2, 0) is 9.59 Å². The highest BCUT2D eigenvalue weighted by molar-refractivity contribution is 5.97. The van der Waals surface area contributed by atoms with Gasteiger partial charge in [-0.2, -0.15) is 0 Å². The van der Waals surface area contributed by atoms with Crippen LogP contribution in [0.15, 0.2) is 11.6 Å². The van der Waals surface area contributed by atoms with E-state index in [4.69, 9.17) is 0 Å². The van der Waals surface area contributed by atoms with E-state index < -0.39 is 0 Å². The fraction of sp³-hybridized carbons (Fsp3) is 0.733. The van der Waals surface area contributed by atoms with E-state index in [1.54, 1.807) is 0 Å². The van der Waals surface area contributed by atoms with Crippen LogP contribution in [0.3, 0.4) is 0 Å². The van der Waals surface area contributed by atoms with Crippen molar-refractivity contribution in [3.8, 4) is 0 Å². The average Bonchev–Trinajstić information content (AvgIpc) is 2.27. The van der Waals surface area contributed by atoms with Gasteiger partial charge in [0.1, 0.15) is 5.78 Å². The Morgan fingerprint density at radius 3 is 2.59 bits per heavy atom. The molecule has 0 saturated heterocycles. The number of carbonyl (C=O) groups excluding carboxylic acids is 2. The lowest BCUT2D eigenvalue weighted by molar-refractivity contribution is -0.131. The largest absolute Gasteiger partial charge is 0.299 e. The van der Waals surface area contributed by atoms with E-state index in [-0.39, 0.29) is 5.92 Å². The number of fused-ring (bicyclic) bond motifs is 1. The summed E-state index contributed by atoms with van der Waals surface area (Å²) >= 11 is 0. The number of hydrogen-bond donors (Lipinski definition) is 0. The predicted octanol–water partition coefficient (Wildman–Crippen LogP) is 3.16. The van der Waals surface area contributed by atoms with Gasteiger partial charge >= 0.3 is 0 Å². The molecule has 0 radical (unpaired) electrons. The number of carbonyl (C=O) groups is 2. The lowest BCUT2D eigenvalue weighted by atomic mass is 9.61. The zero-order chi connectivity index (χ0) is 12.6. The molecule has 0 aromatic carbocycles. The maximum atomic E-state index is 12.1. The van der Waals surface area contributed by atoms with Crippen LogP contribution >= 0.6 is 0 Å². The molecule has 2 saturated carbocycles. The number of ketones is 2. The molecule has 4 unspecified atom stereocenters. The second-order valence-electron chi connectivity index (χ2n) is 5.75. The predicted molar refractivity (Wildman–Crippen MR) is 67.5 cm³/mol. The minimum Gasteiger partial charge on any atom is -0.299 e. The lowest BCUT2D eigenvalue weighted by Gasteiger charge is -2.42. The summed E-state index contributed by atoms with van der Waals surface area (Å²) in [6.45, 7) is 6.21. The first kappa shape index (κ1) is 12.5. The SMILES string of the molecule is CC/C=C1\C(=O)CC(C)C2CC(=O)C(C)CC12. The molecule has 0 aliphatic heterocycles. The highest BCUT2D eigenvalue weighted by Crippen LogP contribution is 2.45. The van der Waals surface area contributed by atoms with E-state index in [9.17, 15) is 9.59 Å². The summed E-state index contributed by atoms with van der Waals surface area (Å²) in [5, 5.41) is 0. The summed E-state index contributed by atoms with van der Waals surface area (Å²) in [4.78, 5) is 23.9. The molecular weight excluding hydrogens is 212 g/mol. The molecule has 0 amide bonds. The molecule has 4 atom stereocenters. The number of hydrogen-bond acceptors (Lipinski definition) is 2. The van der Waals surface area contributed by atoms with Gasteiger partial charge in [-0.3, -0.25) is 9.59 Å². The Kier molecular flexibility index (Phi) is 3.50. The van der Waals surface area contributed by atoms with Crippen LogP contribution in [0.4, 0.5) is 0 Å². The van der Waals surface area contributed by atoms with Crippen LogP contribution in [-0.4, -0.2) is 11.6 Å². The van der Waals surface area contributed by atoms with Crippen molar-refractivity contribution in [2.24, 2.45) is 23.7 Å². The van der Waals surface area contributed by atoms with Crippen molar-refractivity contribution in [3.63, 3.8) is 0 Å². The van der Waals surface area contributed by atoms with Crippen LogP contribution in [0.25, 0.3) is 0 Å². The molecule has 17 heavy (non-hydrogen) atoms. The Bertz CT molecular complexity index is 367. The van der Waals surface area contributed by atoms with E-state index >= 15 is 0 Å². The van der Waals surface area contributed by atoms with E-state index in [0.29, 0.717) is 42.2 Å². The quantitative estimate of drug-likeness (QED) is 0.653. The molecule has 2 fully saturated rings. The second-order valence-corrected chi connectivity index (χ2v) is 5.75. The minimum atomic E-state index is 0.134. The first-order valence-corrected chi connectivity index (χ1v) is 6.80. The van der Waals surface area contributed by atoms with Gasteiger partial charge in [0.2, 0.25) is 0 Å². The third kappa shape index (κ3) is 2.22. The molecule has 0 heterocycles. The minimum absolute atomic E-state index is 0.134. The molecule has 2 nitrogen and oxygen atoms in total. The van der Waals surface area contributed by atoms with Gasteiger partial charge < -0.3 is 0 Å². The van der Waals surface area contributed by atoms with Crippen LogP contribution in [0, 0.1) is 23.7 Å². The molecule has 2 heteroatoms. The highest BCUT2D eigenvalue weighted by atomic mass is 16.1. The summed E-state index contributed by atoms with van der Waals surface area (Å²) < 4.78 is 0. The summed E-state index contributed by atoms with van der Waals surface area (Å²) in [7, 11) is 0. The van der Waals surface area contributed by atoms with Crippen molar-refractivity contribution in [1.29, 1.82) is 0 Å². The van der Waals surface area contributed by atoms with Crippen LogP contribution in [0.2, 0.25) is 0 Å². The van der Waals surface area contributed by atoms with Gasteiger partial charge in [0.25, 0.3) is 0 Å². The van der Waals surface area contributed by atoms with Crippen molar-refractivity contribution in [3.05, 3.63) is 11.6 Å². The van der Waals surface area contributed by atoms with Gasteiger partial charge in [0.15, 0.2) is 5.78 Å². The normalized spacial score (nSPS) is 40.5. The Hall–Kier alpha value is -0.920. The molecule has 2 aliphatic rings. The summed E-state index contributed by atoms with van der Waals surface area (Å²) in [6.07, 6.45) is 5.21. The summed E-state index contributed by atoms with van der Waals surface area (Å²) in [6, 6.07) is 0. The van der Waals surface area contributed by atoms with Crippen molar-refractivity contribution in [1.82, 2.24) is 0 Å². The third-order valence-corrected chi connectivity index (χ3v) is 4.49. The Labute approximate surface area is 103 Å². The van der Waals surface area contributed by atoms with Gasteiger partial charge in [-0.15, -0.1) is 0 Å². The van der Waals surface area contributed by atoms with Crippen molar-refractivity contribution in [2.45, 2.75) is 46.5 Å². The maximum Gasteiger partial charge on any atom is 0.159 e. The van der Waals surface area contributed by atoms with E-state index in [2.05, 4.69) is 19.9 Å². The molecule has 2 rings (SSSR count). The summed E-state index contributed by atoms with van der Waals surface area (Å²) in [5.74, 6) is 1.98. The van der Waals surface area contributed by atoms with Gasteiger partial charge in [-0.25, -0.2) is 0 Å². The van der Waals surface area contributed by atoms with Crippen LogP contribution < -0.4 is 0 Å². The molecule has 2 aliphatic carbocycles. The van der Waals surface area contributed by atoms with E-state index in [1.807, 2.05) is 6.92 Å². The molecule has 0 aromatic rings. The standard InChI is InChI=1S/C15H22O2/c1-4-5-11-13-6-10(3)14(16)8-12(13)9(2)7-15(11)17/h5,9-10,12-13H,4,6-8H2,1-3H3/b11-5-. The van der Waals surface area contributed by atoms with Crippen LogP contribution in [0.5, 0.6) is 0 Å². The van der Waals surface area contributed by atoms with Crippen molar-refractivity contribution < 1.29 is 9.59 Å². The molecule has 0 N–H and O–H groups in total. The zero-order valence-electron chi connectivity index (χ0n) is 11.0. The van der Waals surface area contributed by atoms with Crippen LogP contribution in [0.1, 0.15) is 46.5 Å². The van der Waals surface area contributed by atoms with E-state index in [1.165, 1.54) is 0 Å². The first-order chi connectivity index (χ1) is 8.04. The third-order valence-electron chi connectivity index (χ3n) is 4.49. The zero-order valence-corrected chi connectivity index (χ0v) is 11.0. The fourth-order valence-corrected chi connectivity index (χ4v) is 3.47. The van der Waals surface area contributed by atoms with Crippen molar-refractivity contribution in [2.75, 3.05) is 0 Å². The van der Waals surface area contributed by atoms with E-state index in [0.717, 1.165) is 18.4 Å².